The number of hydrogen-bond acceptors (Lipinski definition) is 4. The first kappa shape index (κ1) is 17.0. The van der Waals surface area contributed by atoms with Crippen LogP contribution in [0.1, 0.15) is 13.8 Å². The third-order valence-corrected chi connectivity index (χ3v) is 3.26. The quantitative estimate of drug-likeness (QED) is 0.811. The van der Waals surface area contributed by atoms with Gasteiger partial charge in [-0.05, 0) is 18.1 Å². The normalized spacial score (nSPS) is 11.9. The summed E-state index contributed by atoms with van der Waals surface area (Å²) in [6.07, 6.45) is 0. The number of para-hydroxylation sites is 2. The van der Waals surface area contributed by atoms with Crippen molar-refractivity contribution in [2.24, 2.45) is 11.7 Å². The fraction of sp³-hybridized carbons (Fsp3) is 0.467. The van der Waals surface area contributed by atoms with Gasteiger partial charge < -0.3 is 20.7 Å². The van der Waals surface area contributed by atoms with E-state index in [4.69, 9.17) is 10.5 Å². The van der Waals surface area contributed by atoms with Crippen LogP contribution in [0.4, 0.5) is 5.69 Å². The van der Waals surface area contributed by atoms with Gasteiger partial charge in [0.2, 0.25) is 11.8 Å². The fourth-order valence-electron chi connectivity index (χ4n) is 1.74. The number of carbonyl (C=O) groups excluding carboxylic acids is 2. The molecule has 0 aliphatic rings. The molecule has 0 aliphatic carbocycles. The molecule has 0 saturated carbocycles. The van der Waals surface area contributed by atoms with E-state index in [0.29, 0.717) is 11.4 Å². The van der Waals surface area contributed by atoms with Crippen LogP contribution in [0, 0.1) is 5.92 Å². The summed E-state index contributed by atoms with van der Waals surface area (Å²) >= 11 is 0. The summed E-state index contributed by atoms with van der Waals surface area (Å²) < 4.78 is 5.21. The third kappa shape index (κ3) is 4.46. The number of rotatable bonds is 6. The molecule has 0 saturated heterocycles. The van der Waals surface area contributed by atoms with Gasteiger partial charge in [-0.15, -0.1) is 0 Å². The minimum absolute atomic E-state index is 0.0204. The maximum absolute atomic E-state index is 12.1. The third-order valence-electron chi connectivity index (χ3n) is 3.26. The predicted octanol–water partition coefficient (Wildman–Crippen LogP) is 0.757. The molecule has 0 aliphatic heterocycles. The van der Waals surface area contributed by atoms with Crippen molar-refractivity contribution < 1.29 is 14.3 Å². The lowest BCUT2D eigenvalue weighted by Gasteiger charge is -2.21. The van der Waals surface area contributed by atoms with Crippen LogP contribution >= 0.6 is 0 Å². The number of amides is 2. The molecule has 21 heavy (non-hydrogen) atoms. The van der Waals surface area contributed by atoms with Gasteiger partial charge in [-0.2, -0.15) is 0 Å². The number of likely N-dealkylation sites (N-methyl/N-ethyl adjacent to an activating group) is 1. The van der Waals surface area contributed by atoms with Gasteiger partial charge in [-0.1, -0.05) is 26.0 Å². The van der Waals surface area contributed by atoms with Crippen LogP contribution in [-0.2, 0) is 9.59 Å². The number of carbonyl (C=O) groups is 2. The fourth-order valence-corrected chi connectivity index (χ4v) is 1.74. The van der Waals surface area contributed by atoms with E-state index in [-0.39, 0.29) is 24.3 Å². The first-order chi connectivity index (χ1) is 9.88. The topological polar surface area (TPSA) is 84.7 Å². The molecule has 1 rings (SSSR count). The van der Waals surface area contributed by atoms with Crippen molar-refractivity contribution in [2.45, 2.75) is 19.9 Å². The zero-order valence-electron chi connectivity index (χ0n) is 12.9. The van der Waals surface area contributed by atoms with E-state index in [1.165, 1.54) is 4.90 Å². The lowest BCUT2D eigenvalue weighted by atomic mass is 10.1. The molecule has 0 heterocycles. The smallest absolute Gasteiger partial charge is 0.246 e. The van der Waals surface area contributed by atoms with Crippen molar-refractivity contribution in [3.05, 3.63) is 24.3 Å². The molecule has 1 aromatic carbocycles. The molecule has 6 heteroatoms. The van der Waals surface area contributed by atoms with Gasteiger partial charge >= 0.3 is 0 Å². The number of ether oxygens (including phenoxy) is 1. The van der Waals surface area contributed by atoms with Crippen molar-refractivity contribution in [3.8, 4) is 5.75 Å². The van der Waals surface area contributed by atoms with Gasteiger partial charge in [-0.3, -0.25) is 9.59 Å². The molecule has 6 nitrogen and oxygen atoms in total. The largest absolute Gasteiger partial charge is 0.495 e. The standard InChI is InChI=1S/C15H23N3O3/c1-10(2)14(16)15(20)17-9-13(19)18(3)11-7-5-6-8-12(11)21-4/h5-8,10,14H,9,16H2,1-4H3,(H,17,20)/t14-/m0/s1. The molecular formula is C15H23N3O3. The number of nitrogens with one attached hydrogen (secondary N) is 1. The Labute approximate surface area is 125 Å². The summed E-state index contributed by atoms with van der Waals surface area (Å²) in [5.74, 6) is 0.0428. The van der Waals surface area contributed by atoms with E-state index in [0.717, 1.165) is 0 Å². The summed E-state index contributed by atoms with van der Waals surface area (Å²) in [6, 6.07) is 6.57. The molecule has 0 bridgehead atoms. The van der Waals surface area contributed by atoms with Crippen LogP contribution < -0.4 is 20.7 Å². The zero-order valence-corrected chi connectivity index (χ0v) is 12.9. The number of hydrogen-bond donors (Lipinski definition) is 2. The number of benzene rings is 1. The van der Waals surface area contributed by atoms with Crippen molar-refractivity contribution in [1.82, 2.24) is 5.32 Å². The van der Waals surface area contributed by atoms with Gasteiger partial charge in [0.05, 0.1) is 25.4 Å². The van der Waals surface area contributed by atoms with Gasteiger partial charge in [0.25, 0.3) is 0 Å². The van der Waals surface area contributed by atoms with Crippen molar-refractivity contribution in [2.75, 3.05) is 25.6 Å². The molecule has 1 aromatic rings. The summed E-state index contributed by atoms with van der Waals surface area (Å²) in [5.41, 5.74) is 6.37. The van der Waals surface area contributed by atoms with Crippen LogP contribution in [0.3, 0.4) is 0 Å². The van der Waals surface area contributed by atoms with Crippen LogP contribution in [0.2, 0.25) is 0 Å². The minimum Gasteiger partial charge on any atom is -0.495 e. The highest BCUT2D eigenvalue weighted by atomic mass is 16.5. The number of methoxy groups -OCH3 is 1. The summed E-state index contributed by atoms with van der Waals surface area (Å²) in [6.45, 7) is 3.61. The average molecular weight is 293 g/mol. The molecule has 1 atom stereocenters. The van der Waals surface area contributed by atoms with Gasteiger partial charge in [-0.25, -0.2) is 0 Å². The summed E-state index contributed by atoms with van der Waals surface area (Å²) in [4.78, 5) is 25.3. The van der Waals surface area contributed by atoms with E-state index in [9.17, 15) is 9.59 Å². The van der Waals surface area contributed by atoms with Gasteiger partial charge in [0.15, 0.2) is 0 Å². The lowest BCUT2D eigenvalue weighted by molar-refractivity contribution is -0.126. The van der Waals surface area contributed by atoms with Gasteiger partial charge in [0.1, 0.15) is 5.75 Å². The Morgan fingerprint density at radius 3 is 2.52 bits per heavy atom. The Bertz CT molecular complexity index is 503. The van der Waals surface area contributed by atoms with Crippen LogP contribution in [0.5, 0.6) is 5.75 Å². The van der Waals surface area contributed by atoms with E-state index in [2.05, 4.69) is 5.32 Å². The Morgan fingerprint density at radius 2 is 1.95 bits per heavy atom. The molecule has 0 aromatic heterocycles. The van der Waals surface area contributed by atoms with E-state index in [1.807, 2.05) is 26.0 Å². The molecule has 116 valence electrons. The molecule has 0 fully saturated rings. The average Bonchev–Trinajstić information content (AvgIpc) is 2.50. The second kappa shape index (κ2) is 7.64. The lowest BCUT2D eigenvalue weighted by Crippen LogP contribution is -2.47. The van der Waals surface area contributed by atoms with E-state index >= 15 is 0 Å². The second-order valence-electron chi connectivity index (χ2n) is 5.11. The number of nitrogens with two attached hydrogens (primary N) is 1. The van der Waals surface area contributed by atoms with Crippen LogP contribution in [0.25, 0.3) is 0 Å². The highest BCUT2D eigenvalue weighted by Crippen LogP contribution is 2.26. The van der Waals surface area contributed by atoms with Crippen LogP contribution in [-0.4, -0.2) is 38.6 Å². The minimum atomic E-state index is -0.616. The van der Waals surface area contributed by atoms with Gasteiger partial charge in [0, 0.05) is 7.05 Å². The SMILES string of the molecule is COc1ccccc1N(C)C(=O)CNC(=O)[C@@H](N)C(C)C. The highest BCUT2D eigenvalue weighted by molar-refractivity contribution is 5.97. The maximum Gasteiger partial charge on any atom is 0.246 e. The first-order valence-corrected chi connectivity index (χ1v) is 6.81. The monoisotopic (exact) mass is 293 g/mol. The molecule has 0 radical (unpaired) electrons. The number of anilines is 1. The Morgan fingerprint density at radius 1 is 1.33 bits per heavy atom. The highest BCUT2D eigenvalue weighted by Gasteiger charge is 2.20. The molecule has 0 unspecified atom stereocenters. The Balaban J connectivity index is 2.65. The van der Waals surface area contributed by atoms with Crippen molar-refractivity contribution in [3.63, 3.8) is 0 Å². The Hall–Kier alpha value is -2.08. The molecule has 0 spiro atoms. The molecular weight excluding hydrogens is 270 g/mol. The molecule has 2 amide bonds. The molecule has 3 N–H and O–H groups in total. The first-order valence-electron chi connectivity index (χ1n) is 6.81. The maximum atomic E-state index is 12.1. The van der Waals surface area contributed by atoms with Crippen molar-refractivity contribution in [1.29, 1.82) is 0 Å². The van der Waals surface area contributed by atoms with Crippen LogP contribution in [0.15, 0.2) is 24.3 Å². The van der Waals surface area contributed by atoms with E-state index < -0.39 is 6.04 Å². The van der Waals surface area contributed by atoms with E-state index in [1.54, 1.807) is 26.3 Å². The summed E-state index contributed by atoms with van der Waals surface area (Å²) in [7, 11) is 3.18. The summed E-state index contributed by atoms with van der Waals surface area (Å²) in [5, 5.41) is 2.56. The zero-order chi connectivity index (χ0) is 16.0. The predicted molar refractivity (Wildman–Crippen MR) is 82.2 cm³/mol. The second-order valence-corrected chi connectivity index (χ2v) is 5.11. The number of nitrogens with zero attached hydrogens (tertiary/aromatic N) is 1. The van der Waals surface area contributed by atoms with Crippen molar-refractivity contribution >= 4 is 17.5 Å². The Kier molecular flexibility index (Phi) is 6.17.